The number of rotatable bonds is 4. The van der Waals surface area contributed by atoms with Gasteiger partial charge in [0.15, 0.2) is 0 Å². The fraction of sp³-hybridized carbons (Fsp3) is 0.0500. The van der Waals surface area contributed by atoms with Crippen molar-refractivity contribution in [3.05, 3.63) is 83.1 Å². The first-order chi connectivity index (χ1) is 12.9. The van der Waals surface area contributed by atoms with Crippen molar-refractivity contribution < 1.29 is 8.42 Å². The van der Waals surface area contributed by atoms with Crippen molar-refractivity contribution in [1.29, 1.82) is 0 Å². The van der Waals surface area contributed by atoms with E-state index < -0.39 is 10.0 Å². The Balaban J connectivity index is 1.69. The molecule has 27 heavy (non-hydrogen) atoms. The van der Waals surface area contributed by atoms with Crippen molar-refractivity contribution in [2.45, 2.75) is 11.8 Å². The van der Waals surface area contributed by atoms with Crippen LogP contribution in [-0.4, -0.2) is 18.0 Å². The zero-order chi connectivity index (χ0) is 19.0. The molecule has 0 aliphatic heterocycles. The largest absolute Gasteiger partial charge is 0.299 e. The molecule has 0 bridgehead atoms. The van der Waals surface area contributed by atoms with Crippen LogP contribution >= 0.6 is 15.9 Å². The number of para-hydroxylation sites is 1. The fourth-order valence-electron chi connectivity index (χ4n) is 2.93. The molecule has 0 aliphatic carbocycles. The van der Waals surface area contributed by atoms with Crippen LogP contribution in [0.1, 0.15) is 5.56 Å². The maximum absolute atomic E-state index is 12.6. The summed E-state index contributed by atoms with van der Waals surface area (Å²) in [5.74, 6) is 0. The number of imidazole rings is 1. The fourth-order valence-corrected chi connectivity index (χ4v) is 4.24. The van der Waals surface area contributed by atoms with Gasteiger partial charge in [-0.1, -0.05) is 34.1 Å². The molecule has 3 aromatic carbocycles. The number of benzene rings is 3. The van der Waals surface area contributed by atoms with Gasteiger partial charge in [-0.2, -0.15) is 0 Å². The second-order valence-corrected chi connectivity index (χ2v) is 8.76. The van der Waals surface area contributed by atoms with E-state index in [1.807, 2.05) is 41.8 Å². The van der Waals surface area contributed by atoms with Gasteiger partial charge in [-0.05, 0) is 61.0 Å². The van der Waals surface area contributed by atoms with Crippen molar-refractivity contribution in [2.24, 2.45) is 0 Å². The summed E-state index contributed by atoms with van der Waals surface area (Å²) in [6, 6.07) is 19.9. The van der Waals surface area contributed by atoms with Crippen LogP contribution in [-0.2, 0) is 10.0 Å². The van der Waals surface area contributed by atoms with Gasteiger partial charge in [0.2, 0.25) is 0 Å². The highest BCUT2D eigenvalue weighted by Gasteiger charge is 2.15. The van der Waals surface area contributed by atoms with Gasteiger partial charge in [-0.15, -0.1) is 0 Å². The molecule has 0 unspecified atom stereocenters. The van der Waals surface area contributed by atoms with Crippen LogP contribution in [0.4, 0.5) is 5.69 Å². The number of halogens is 1. The smallest absolute Gasteiger partial charge is 0.261 e. The highest BCUT2D eigenvalue weighted by atomic mass is 79.9. The third-order valence-electron chi connectivity index (χ3n) is 4.30. The molecule has 0 saturated heterocycles. The SMILES string of the molecule is Cc1ccccc1-n1cnc2cc(NS(=O)(=O)c3ccc(Br)cc3)ccc21. The van der Waals surface area contributed by atoms with Crippen molar-refractivity contribution in [3.63, 3.8) is 0 Å². The van der Waals surface area contributed by atoms with Crippen LogP contribution in [0.15, 0.2) is 82.4 Å². The topological polar surface area (TPSA) is 64.0 Å². The van der Waals surface area contributed by atoms with Crippen LogP contribution < -0.4 is 4.72 Å². The summed E-state index contributed by atoms with van der Waals surface area (Å²) in [6.07, 6.45) is 1.75. The highest BCUT2D eigenvalue weighted by Crippen LogP contribution is 2.25. The number of hydrogen-bond donors (Lipinski definition) is 1. The molecule has 0 radical (unpaired) electrons. The van der Waals surface area contributed by atoms with Gasteiger partial charge >= 0.3 is 0 Å². The zero-order valence-corrected chi connectivity index (χ0v) is 16.8. The predicted molar refractivity (Wildman–Crippen MR) is 111 cm³/mol. The Morgan fingerprint density at radius 3 is 2.48 bits per heavy atom. The van der Waals surface area contributed by atoms with E-state index >= 15 is 0 Å². The van der Waals surface area contributed by atoms with E-state index in [-0.39, 0.29) is 4.90 Å². The number of fused-ring (bicyclic) bond motifs is 1. The van der Waals surface area contributed by atoms with Gasteiger partial charge < -0.3 is 0 Å². The molecule has 7 heteroatoms. The maximum Gasteiger partial charge on any atom is 0.261 e. The number of nitrogens with zero attached hydrogens (tertiary/aromatic N) is 2. The molecule has 5 nitrogen and oxygen atoms in total. The summed E-state index contributed by atoms with van der Waals surface area (Å²) in [4.78, 5) is 4.64. The first kappa shape index (κ1) is 17.8. The molecule has 0 saturated carbocycles. The van der Waals surface area contributed by atoms with Crippen molar-refractivity contribution in [1.82, 2.24) is 9.55 Å². The Morgan fingerprint density at radius 1 is 1.00 bits per heavy atom. The van der Waals surface area contributed by atoms with Crippen molar-refractivity contribution >= 4 is 42.7 Å². The average molecular weight is 442 g/mol. The van der Waals surface area contributed by atoms with Gasteiger partial charge in [-0.25, -0.2) is 13.4 Å². The lowest BCUT2D eigenvalue weighted by Gasteiger charge is -2.10. The van der Waals surface area contributed by atoms with Gasteiger partial charge in [0.25, 0.3) is 10.0 Å². The van der Waals surface area contributed by atoms with Gasteiger partial charge in [0, 0.05) is 4.47 Å². The minimum atomic E-state index is -3.66. The molecule has 0 spiro atoms. The lowest BCUT2D eigenvalue weighted by Crippen LogP contribution is -2.12. The van der Waals surface area contributed by atoms with Gasteiger partial charge in [-0.3, -0.25) is 9.29 Å². The van der Waals surface area contributed by atoms with E-state index in [4.69, 9.17) is 0 Å². The van der Waals surface area contributed by atoms with E-state index in [1.54, 1.807) is 42.7 Å². The molecule has 1 heterocycles. The Kier molecular flexibility index (Phi) is 4.49. The monoisotopic (exact) mass is 441 g/mol. The molecule has 0 fully saturated rings. The van der Waals surface area contributed by atoms with Crippen LogP contribution in [0.3, 0.4) is 0 Å². The number of nitrogens with one attached hydrogen (secondary N) is 1. The molecular weight excluding hydrogens is 426 g/mol. The first-order valence-electron chi connectivity index (χ1n) is 8.25. The molecule has 4 aromatic rings. The van der Waals surface area contributed by atoms with E-state index in [1.165, 1.54) is 0 Å². The second kappa shape index (κ2) is 6.83. The van der Waals surface area contributed by atoms with Crippen LogP contribution in [0.5, 0.6) is 0 Å². The van der Waals surface area contributed by atoms with Gasteiger partial charge in [0.1, 0.15) is 6.33 Å². The summed E-state index contributed by atoms with van der Waals surface area (Å²) in [5, 5.41) is 0. The summed E-state index contributed by atoms with van der Waals surface area (Å²) >= 11 is 3.31. The molecule has 0 aliphatic rings. The maximum atomic E-state index is 12.6. The molecule has 1 aromatic heterocycles. The number of anilines is 1. The molecule has 1 N–H and O–H groups in total. The Hall–Kier alpha value is -2.64. The van der Waals surface area contributed by atoms with Crippen molar-refractivity contribution in [2.75, 3.05) is 4.72 Å². The zero-order valence-electron chi connectivity index (χ0n) is 14.4. The molecule has 4 rings (SSSR count). The van der Waals surface area contributed by atoms with Crippen LogP contribution in [0, 0.1) is 6.92 Å². The lowest BCUT2D eigenvalue weighted by atomic mass is 10.2. The predicted octanol–water partition coefficient (Wildman–Crippen LogP) is 4.90. The normalized spacial score (nSPS) is 11.6. The molecular formula is C20H16BrN3O2S. The van der Waals surface area contributed by atoms with Gasteiger partial charge in [0.05, 0.1) is 27.3 Å². The average Bonchev–Trinajstić information content (AvgIpc) is 3.05. The third-order valence-corrected chi connectivity index (χ3v) is 6.22. The third kappa shape index (κ3) is 3.48. The van der Waals surface area contributed by atoms with E-state index in [0.29, 0.717) is 11.2 Å². The molecule has 0 atom stereocenters. The van der Waals surface area contributed by atoms with E-state index in [0.717, 1.165) is 21.2 Å². The number of hydrogen-bond acceptors (Lipinski definition) is 3. The van der Waals surface area contributed by atoms with Crippen LogP contribution in [0.25, 0.3) is 16.7 Å². The standard InChI is InChI=1S/C20H16BrN3O2S/c1-14-4-2-3-5-19(14)24-13-22-18-12-16(8-11-20(18)24)23-27(25,26)17-9-6-15(21)7-10-17/h2-13,23H,1H3. The Morgan fingerprint density at radius 2 is 1.74 bits per heavy atom. The summed E-state index contributed by atoms with van der Waals surface area (Å²) in [5.41, 5.74) is 4.28. The highest BCUT2D eigenvalue weighted by molar-refractivity contribution is 9.10. The van der Waals surface area contributed by atoms with Crippen LogP contribution in [0.2, 0.25) is 0 Å². The molecule has 0 amide bonds. The van der Waals surface area contributed by atoms with E-state index in [2.05, 4.69) is 25.6 Å². The number of aromatic nitrogens is 2. The second-order valence-electron chi connectivity index (χ2n) is 6.16. The summed E-state index contributed by atoms with van der Waals surface area (Å²) in [6.45, 7) is 2.04. The Labute approximate surface area is 165 Å². The summed E-state index contributed by atoms with van der Waals surface area (Å²) in [7, 11) is -3.66. The van der Waals surface area contributed by atoms with Crippen molar-refractivity contribution in [3.8, 4) is 5.69 Å². The quantitative estimate of drug-likeness (QED) is 0.489. The number of aryl methyl sites for hydroxylation is 1. The molecule has 136 valence electrons. The van der Waals surface area contributed by atoms with E-state index in [9.17, 15) is 8.42 Å². The minimum Gasteiger partial charge on any atom is -0.299 e. The summed E-state index contributed by atoms with van der Waals surface area (Å²) < 4.78 is 30.6. The lowest BCUT2D eigenvalue weighted by molar-refractivity contribution is 0.601. The Bertz CT molecular complexity index is 1230. The number of sulfonamides is 1. The minimum absolute atomic E-state index is 0.205. The first-order valence-corrected chi connectivity index (χ1v) is 10.5.